The zero-order chi connectivity index (χ0) is 16.7. The Morgan fingerprint density at radius 1 is 1.09 bits per heavy atom. The van der Waals surface area contributed by atoms with Gasteiger partial charge in [0.2, 0.25) is 5.91 Å². The fourth-order valence-corrected chi connectivity index (χ4v) is 2.22. The smallest absolute Gasteiger partial charge is 0.238 e. The van der Waals surface area contributed by atoms with E-state index >= 15 is 0 Å². The van der Waals surface area contributed by atoms with Crippen LogP contribution in [0.15, 0.2) is 42.5 Å². The molecule has 0 atom stereocenters. The number of nitrogens with one attached hydrogen (secondary N) is 2. The van der Waals surface area contributed by atoms with Gasteiger partial charge >= 0.3 is 0 Å². The zero-order valence-corrected chi connectivity index (χ0v) is 13.7. The van der Waals surface area contributed by atoms with Crippen molar-refractivity contribution in [2.75, 3.05) is 26.1 Å². The molecule has 2 rings (SSSR count). The van der Waals surface area contributed by atoms with Crippen LogP contribution >= 0.6 is 0 Å². The van der Waals surface area contributed by atoms with Gasteiger partial charge in [0.05, 0.1) is 26.5 Å². The quantitative estimate of drug-likeness (QED) is 0.825. The summed E-state index contributed by atoms with van der Waals surface area (Å²) in [6.45, 7) is 2.93. The van der Waals surface area contributed by atoms with E-state index in [4.69, 9.17) is 9.47 Å². The van der Waals surface area contributed by atoms with E-state index in [9.17, 15) is 4.79 Å². The van der Waals surface area contributed by atoms with Gasteiger partial charge in [-0.15, -0.1) is 0 Å². The van der Waals surface area contributed by atoms with Gasteiger partial charge in [0, 0.05) is 12.6 Å². The molecular formula is C18H22N2O3. The van der Waals surface area contributed by atoms with Gasteiger partial charge < -0.3 is 20.1 Å². The summed E-state index contributed by atoms with van der Waals surface area (Å²) < 4.78 is 10.4. The molecule has 1 amide bonds. The minimum Gasteiger partial charge on any atom is -0.497 e. The van der Waals surface area contributed by atoms with Gasteiger partial charge in [-0.2, -0.15) is 0 Å². The van der Waals surface area contributed by atoms with Gasteiger partial charge in [-0.25, -0.2) is 0 Å². The van der Waals surface area contributed by atoms with Gasteiger partial charge in [0.25, 0.3) is 0 Å². The van der Waals surface area contributed by atoms with Crippen molar-refractivity contribution in [3.05, 3.63) is 53.6 Å². The maximum atomic E-state index is 12.0. The van der Waals surface area contributed by atoms with Crippen LogP contribution in [0.25, 0.3) is 0 Å². The fraction of sp³-hybridized carbons (Fsp3) is 0.278. The monoisotopic (exact) mass is 314 g/mol. The SMILES string of the molecule is COc1ccc(NC(=O)CNCc2ccccc2C)c(OC)c1. The topological polar surface area (TPSA) is 59.6 Å². The number of hydrogen-bond acceptors (Lipinski definition) is 4. The summed E-state index contributed by atoms with van der Waals surface area (Å²) in [5.74, 6) is 1.12. The maximum Gasteiger partial charge on any atom is 0.238 e. The Hall–Kier alpha value is -2.53. The molecule has 0 saturated carbocycles. The second-order valence-electron chi connectivity index (χ2n) is 5.14. The van der Waals surface area contributed by atoms with Crippen LogP contribution in [-0.4, -0.2) is 26.7 Å². The van der Waals surface area contributed by atoms with E-state index in [2.05, 4.69) is 23.6 Å². The Morgan fingerprint density at radius 3 is 2.57 bits per heavy atom. The molecule has 0 aliphatic carbocycles. The van der Waals surface area contributed by atoms with Crippen LogP contribution < -0.4 is 20.1 Å². The number of carbonyl (C=O) groups excluding carboxylic acids is 1. The lowest BCUT2D eigenvalue weighted by molar-refractivity contribution is -0.115. The predicted molar refractivity (Wildman–Crippen MR) is 91.1 cm³/mol. The molecule has 0 aromatic heterocycles. The van der Waals surface area contributed by atoms with Crippen LogP contribution in [0.3, 0.4) is 0 Å². The van der Waals surface area contributed by atoms with Crippen molar-refractivity contribution in [1.82, 2.24) is 5.32 Å². The summed E-state index contributed by atoms with van der Waals surface area (Å²) in [6.07, 6.45) is 0. The highest BCUT2D eigenvalue weighted by molar-refractivity contribution is 5.93. The normalized spacial score (nSPS) is 10.2. The molecule has 5 heteroatoms. The highest BCUT2D eigenvalue weighted by Gasteiger charge is 2.09. The molecule has 0 aliphatic heterocycles. The van der Waals surface area contributed by atoms with Gasteiger partial charge in [0.15, 0.2) is 0 Å². The Kier molecular flexibility index (Phi) is 6.00. The number of benzene rings is 2. The Labute approximate surface area is 136 Å². The lowest BCUT2D eigenvalue weighted by Gasteiger charge is -2.12. The van der Waals surface area contributed by atoms with E-state index in [0.29, 0.717) is 23.7 Å². The molecule has 0 unspecified atom stereocenters. The van der Waals surface area contributed by atoms with Crippen molar-refractivity contribution in [3.8, 4) is 11.5 Å². The molecule has 0 radical (unpaired) electrons. The van der Waals surface area contributed by atoms with Crippen LogP contribution in [0.1, 0.15) is 11.1 Å². The first-order chi connectivity index (χ1) is 11.1. The predicted octanol–water partition coefficient (Wildman–Crippen LogP) is 2.74. The van der Waals surface area contributed by atoms with Crippen LogP contribution in [0.2, 0.25) is 0 Å². The number of rotatable bonds is 7. The fourth-order valence-electron chi connectivity index (χ4n) is 2.22. The summed E-state index contributed by atoms with van der Waals surface area (Å²) in [5.41, 5.74) is 3.01. The van der Waals surface area contributed by atoms with E-state index in [0.717, 1.165) is 0 Å². The van der Waals surface area contributed by atoms with Crippen molar-refractivity contribution >= 4 is 11.6 Å². The average molecular weight is 314 g/mol. The highest BCUT2D eigenvalue weighted by Crippen LogP contribution is 2.28. The van der Waals surface area contributed by atoms with Crippen molar-refractivity contribution in [2.45, 2.75) is 13.5 Å². The molecule has 0 bridgehead atoms. The van der Waals surface area contributed by atoms with Gasteiger partial charge in [-0.3, -0.25) is 4.79 Å². The molecule has 2 aromatic rings. The third kappa shape index (κ3) is 4.72. The van der Waals surface area contributed by atoms with Crippen LogP contribution in [0.4, 0.5) is 5.69 Å². The number of hydrogen-bond donors (Lipinski definition) is 2. The lowest BCUT2D eigenvalue weighted by atomic mass is 10.1. The van der Waals surface area contributed by atoms with Crippen LogP contribution in [-0.2, 0) is 11.3 Å². The van der Waals surface area contributed by atoms with Crippen LogP contribution in [0, 0.1) is 6.92 Å². The average Bonchev–Trinajstić information content (AvgIpc) is 2.57. The summed E-state index contributed by atoms with van der Waals surface area (Å²) in [5, 5.41) is 5.98. The largest absolute Gasteiger partial charge is 0.497 e. The van der Waals surface area contributed by atoms with E-state index in [1.807, 2.05) is 18.2 Å². The number of ether oxygens (including phenoxy) is 2. The summed E-state index contributed by atoms with van der Waals surface area (Å²) in [6, 6.07) is 13.4. The first-order valence-corrected chi connectivity index (χ1v) is 7.41. The number of amides is 1. The number of aryl methyl sites for hydroxylation is 1. The van der Waals surface area contributed by atoms with Crippen molar-refractivity contribution in [3.63, 3.8) is 0 Å². The minimum atomic E-state index is -0.123. The molecule has 0 fully saturated rings. The molecule has 0 aliphatic rings. The molecule has 23 heavy (non-hydrogen) atoms. The van der Waals surface area contributed by atoms with E-state index in [-0.39, 0.29) is 12.5 Å². The summed E-state index contributed by atoms with van der Waals surface area (Å²) in [7, 11) is 3.14. The summed E-state index contributed by atoms with van der Waals surface area (Å²) >= 11 is 0. The third-order valence-corrected chi connectivity index (χ3v) is 3.55. The molecular weight excluding hydrogens is 292 g/mol. The van der Waals surface area contributed by atoms with Gasteiger partial charge in [-0.1, -0.05) is 24.3 Å². The molecule has 2 N–H and O–H groups in total. The van der Waals surface area contributed by atoms with Crippen molar-refractivity contribution in [1.29, 1.82) is 0 Å². The number of carbonyl (C=O) groups is 1. The van der Waals surface area contributed by atoms with E-state index < -0.39 is 0 Å². The number of anilines is 1. The maximum absolute atomic E-state index is 12.0. The lowest BCUT2D eigenvalue weighted by Crippen LogP contribution is -2.28. The second kappa shape index (κ2) is 8.19. The molecule has 122 valence electrons. The van der Waals surface area contributed by atoms with Gasteiger partial charge in [-0.05, 0) is 30.2 Å². The van der Waals surface area contributed by atoms with E-state index in [1.54, 1.807) is 32.4 Å². The molecule has 5 nitrogen and oxygen atoms in total. The Balaban J connectivity index is 1.89. The Morgan fingerprint density at radius 2 is 1.87 bits per heavy atom. The van der Waals surface area contributed by atoms with Crippen molar-refractivity contribution in [2.24, 2.45) is 0 Å². The standard InChI is InChI=1S/C18H22N2O3/c1-13-6-4-5-7-14(13)11-19-12-18(21)20-16-9-8-15(22-2)10-17(16)23-3/h4-10,19H,11-12H2,1-3H3,(H,20,21). The van der Waals surface area contributed by atoms with Crippen LogP contribution in [0.5, 0.6) is 11.5 Å². The molecule has 2 aromatic carbocycles. The second-order valence-corrected chi connectivity index (χ2v) is 5.14. The molecule has 0 saturated heterocycles. The minimum absolute atomic E-state index is 0.123. The van der Waals surface area contributed by atoms with Crippen molar-refractivity contribution < 1.29 is 14.3 Å². The highest BCUT2D eigenvalue weighted by atomic mass is 16.5. The first-order valence-electron chi connectivity index (χ1n) is 7.41. The van der Waals surface area contributed by atoms with Gasteiger partial charge in [0.1, 0.15) is 11.5 Å². The first kappa shape index (κ1) is 16.8. The third-order valence-electron chi connectivity index (χ3n) is 3.55. The zero-order valence-electron chi connectivity index (χ0n) is 13.7. The molecule has 0 heterocycles. The Bertz CT molecular complexity index is 671. The number of methoxy groups -OCH3 is 2. The summed E-state index contributed by atoms with van der Waals surface area (Å²) in [4.78, 5) is 12.0. The van der Waals surface area contributed by atoms with E-state index in [1.165, 1.54) is 11.1 Å². The molecule has 0 spiro atoms.